The Morgan fingerprint density at radius 2 is 1.63 bits per heavy atom. The quantitative estimate of drug-likeness (QED) is 0.377. The van der Waals surface area contributed by atoms with Crippen LogP contribution in [-0.2, 0) is 19.2 Å². The van der Waals surface area contributed by atoms with Crippen LogP contribution in [0.5, 0.6) is 5.75 Å². The number of amides is 3. The van der Waals surface area contributed by atoms with E-state index in [1.807, 2.05) is 32.0 Å². The summed E-state index contributed by atoms with van der Waals surface area (Å²) in [5, 5.41) is 0. The van der Waals surface area contributed by atoms with Crippen molar-refractivity contribution in [2.24, 2.45) is 23.7 Å². The molecule has 2 aliphatic heterocycles. The van der Waals surface area contributed by atoms with Gasteiger partial charge in [-0.3, -0.25) is 19.2 Å². The normalized spacial score (nSPS) is 26.3. The van der Waals surface area contributed by atoms with Crippen molar-refractivity contribution in [1.82, 2.24) is 0 Å². The molecule has 0 bridgehead atoms. The van der Waals surface area contributed by atoms with Gasteiger partial charge in [0.1, 0.15) is 5.75 Å². The van der Waals surface area contributed by atoms with Crippen molar-refractivity contribution < 1.29 is 23.9 Å². The Morgan fingerprint density at radius 1 is 0.914 bits per heavy atom. The summed E-state index contributed by atoms with van der Waals surface area (Å²) in [6, 6.07) is 12.5. The van der Waals surface area contributed by atoms with Crippen molar-refractivity contribution in [2.45, 2.75) is 46.5 Å². The number of nitrogens with zero attached hydrogens (tertiary/aromatic N) is 2. The van der Waals surface area contributed by atoms with Crippen LogP contribution < -0.4 is 14.5 Å². The maximum atomic E-state index is 13.0. The molecule has 7 heteroatoms. The largest absolute Gasteiger partial charge is 0.426 e. The zero-order valence-corrected chi connectivity index (χ0v) is 20.3. The Labute approximate surface area is 205 Å². The number of rotatable bonds is 4. The summed E-state index contributed by atoms with van der Waals surface area (Å²) in [5.41, 5.74) is 3.31. The Kier molecular flexibility index (Phi) is 5.95. The topological polar surface area (TPSA) is 84.0 Å². The van der Waals surface area contributed by atoms with E-state index in [-0.39, 0.29) is 48.3 Å². The van der Waals surface area contributed by atoms with Crippen molar-refractivity contribution in [1.29, 1.82) is 0 Å². The lowest BCUT2D eigenvalue weighted by Crippen LogP contribution is -2.31. The van der Waals surface area contributed by atoms with Crippen LogP contribution in [0.25, 0.3) is 0 Å². The fraction of sp³-hybridized carbons (Fsp3) is 0.429. The summed E-state index contributed by atoms with van der Waals surface area (Å²) in [5.74, 6) is -1.37. The van der Waals surface area contributed by atoms with Gasteiger partial charge in [-0.25, -0.2) is 4.90 Å². The van der Waals surface area contributed by atoms with Crippen LogP contribution in [0.1, 0.15) is 43.7 Å². The van der Waals surface area contributed by atoms with Crippen LogP contribution >= 0.6 is 0 Å². The molecule has 0 N–H and O–H groups in total. The lowest BCUT2D eigenvalue weighted by Gasteiger charge is -2.25. The van der Waals surface area contributed by atoms with Gasteiger partial charge in [-0.2, -0.15) is 0 Å². The van der Waals surface area contributed by atoms with E-state index < -0.39 is 11.9 Å². The van der Waals surface area contributed by atoms with Gasteiger partial charge in [0.15, 0.2) is 0 Å². The van der Waals surface area contributed by atoms with E-state index in [1.165, 1.54) is 4.90 Å². The first-order valence-corrected chi connectivity index (χ1v) is 12.3. The molecular weight excluding hydrogens is 444 g/mol. The van der Waals surface area contributed by atoms with Gasteiger partial charge < -0.3 is 9.64 Å². The highest BCUT2D eigenvalue weighted by Gasteiger charge is 2.50. The molecule has 35 heavy (non-hydrogen) atoms. The molecule has 182 valence electrons. The van der Waals surface area contributed by atoms with Crippen LogP contribution in [0.4, 0.5) is 11.4 Å². The predicted octanol–water partition coefficient (Wildman–Crippen LogP) is 4.19. The van der Waals surface area contributed by atoms with Gasteiger partial charge in [-0.1, -0.05) is 19.1 Å². The second-order valence-corrected chi connectivity index (χ2v) is 10.3. The number of carbonyl (C=O) groups is 4. The van der Waals surface area contributed by atoms with Crippen molar-refractivity contribution in [3.63, 3.8) is 0 Å². The van der Waals surface area contributed by atoms with Gasteiger partial charge in [0.25, 0.3) is 0 Å². The van der Waals surface area contributed by atoms with Gasteiger partial charge in [-0.15, -0.1) is 0 Å². The highest BCUT2D eigenvalue weighted by molar-refractivity contribution is 6.22. The van der Waals surface area contributed by atoms with Gasteiger partial charge in [-0.05, 0) is 74.4 Å². The van der Waals surface area contributed by atoms with Crippen LogP contribution in [0.3, 0.4) is 0 Å². The molecule has 0 radical (unpaired) electrons. The summed E-state index contributed by atoms with van der Waals surface area (Å²) < 4.78 is 5.62. The molecule has 2 heterocycles. The van der Waals surface area contributed by atoms with Crippen LogP contribution in [0.15, 0.2) is 42.5 Å². The third kappa shape index (κ3) is 4.35. The summed E-state index contributed by atoms with van der Waals surface area (Å²) >= 11 is 0. The second-order valence-electron chi connectivity index (χ2n) is 10.3. The zero-order valence-electron chi connectivity index (χ0n) is 20.3. The summed E-state index contributed by atoms with van der Waals surface area (Å²) in [6.07, 6.45) is 2.49. The van der Waals surface area contributed by atoms with Crippen molar-refractivity contribution in [2.75, 3.05) is 16.3 Å². The minimum absolute atomic E-state index is 0.0795. The van der Waals surface area contributed by atoms with Crippen LogP contribution in [-0.4, -0.2) is 30.2 Å². The number of hydrogen-bond acceptors (Lipinski definition) is 5. The van der Waals surface area contributed by atoms with Crippen molar-refractivity contribution in [3.05, 3.63) is 53.6 Å². The van der Waals surface area contributed by atoms with E-state index in [0.717, 1.165) is 36.1 Å². The zero-order chi connectivity index (χ0) is 24.9. The lowest BCUT2D eigenvalue weighted by atomic mass is 9.76. The number of anilines is 2. The molecule has 0 aromatic heterocycles. The standard InChI is InChI=1S/C28H30N2O5/c1-16-7-8-23-24(12-16)27(33)30(26(23)32)20-5-4-6-22(14-20)35-28(34)19-13-25(31)29(15-19)21-10-17(2)9-18(3)11-21/h4-6,9-11,14,16,19,23-24H,7-8,12-13,15H2,1-3H3/t16-,19+,23-,24+/m1/s1. The first kappa shape index (κ1) is 23.3. The maximum Gasteiger partial charge on any atom is 0.316 e. The number of fused-ring (bicyclic) bond motifs is 1. The SMILES string of the molecule is Cc1cc(C)cc(N2C[C@@H](C(=O)Oc3cccc(N4C(=O)[C@H]5C[C@H](C)CC[C@H]5C4=O)c3)CC2=O)c1. The third-order valence-corrected chi connectivity index (χ3v) is 7.46. The summed E-state index contributed by atoms with van der Waals surface area (Å²) in [7, 11) is 0. The van der Waals surface area contributed by atoms with E-state index in [0.29, 0.717) is 11.6 Å². The molecule has 0 spiro atoms. The number of ether oxygens (including phenoxy) is 1. The van der Waals surface area contributed by atoms with Crippen molar-refractivity contribution >= 4 is 35.1 Å². The molecule has 3 aliphatic rings. The van der Waals surface area contributed by atoms with Gasteiger partial charge in [0.2, 0.25) is 17.7 Å². The lowest BCUT2D eigenvalue weighted by molar-refractivity contribution is -0.139. The first-order chi connectivity index (χ1) is 16.7. The number of esters is 1. The first-order valence-electron chi connectivity index (χ1n) is 12.3. The highest BCUT2D eigenvalue weighted by atomic mass is 16.5. The molecular formula is C28H30N2O5. The summed E-state index contributed by atoms with van der Waals surface area (Å²) in [4.78, 5) is 54.5. The third-order valence-electron chi connectivity index (χ3n) is 7.46. The number of benzene rings is 2. The predicted molar refractivity (Wildman–Crippen MR) is 131 cm³/mol. The minimum Gasteiger partial charge on any atom is -0.426 e. The smallest absolute Gasteiger partial charge is 0.316 e. The fourth-order valence-corrected chi connectivity index (χ4v) is 5.75. The fourth-order valence-electron chi connectivity index (χ4n) is 5.75. The van der Waals surface area contributed by atoms with Gasteiger partial charge in [0.05, 0.1) is 23.4 Å². The van der Waals surface area contributed by atoms with E-state index in [4.69, 9.17) is 4.74 Å². The van der Waals surface area contributed by atoms with E-state index >= 15 is 0 Å². The molecule has 3 amide bonds. The van der Waals surface area contributed by atoms with Gasteiger partial charge >= 0.3 is 5.97 Å². The molecule has 4 atom stereocenters. The Bertz CT molecular complexity index is 1200. The maximum absolute atomic E-state index is 13.0. The average Bonchev–Trinajstić information content (AvgIpc) is 3.31. The van der Waals surface area contributed by atoms with E-state index in [2.05, 4.69) is 6.92 Å². The molecule has 2 aromatic rings. The number of carbonyl (C=O) groups excluding carboxylic acids is 4. The monoisotopic (exact) mass is 474 g/mol. The molecule has 3 fully saturated rings. The van der Waals surface area contributed by atoms with Crippen molar-refractivity contribution in [3.8, 4) is 5.75 Å². The summed E-state index contributed by atoms with van der Waals surface area (Å²) in [6.45, 7) is 6.32. The molecule has 2 aromatic carbocycles. The molecule has 2 saturated heterocycles. The van der Waals surface area contributed by atoms with E-state index in [9.17, 15) is 19.2 Å². The number of imide groups is 1. The molecule has 1 saturated carbocycles. The average molecular weight is 475 g/mol. The van der Waals surface area contributed by atoms with Crippen LogP contribution in [0, 0.1) is 37.5 Å². The molecule has 0 unspecified atom stereocenters. The van der Waals surface area contributed by atoms with Gasteiger partial charge in [0, 0.05) is 24.7 Å². The Balaban J connectivity index is 1.29. The number of aryl methyl sites for hydroxylation is 2. The Hall–Kier alpha value is -3.48. The second kappa shape index (κ2) is 8.95. The van der Waals surface area contributed by atoms with E-state index in [1.54, 1.807) is 29.2 Å². The molecule has 5 rings (SSSR count). The number of hydrogen-bond donors (Lipinski definition) is 0. The minimum atomic E-state index is -0.591. The Morgan fingerprint density at radius 3 is 2.37 bits per heavy atom. The molecule has 7 nitrogen and oxygen atoms in total. The highest BCUT2D eigenvalue weighted by Crippen LogP contribution is 2.42. The molecule has 1 aliphatic carbocycles. The van der Waals surface area contributed by atoms with Crippen LogP contribution in [0.2, 0.25) is 0 Å².